The molecule has 0 aliphatic carbocycles. The quantitative estimate of drug-likeness (QED) is 0.450. The Kier molecular flexibility index (Phi) is 9.22. The van der Waals surface area contributed by atoms with Crippen molar-refractivity contribution < 1.29 is 23.9 Å². The third-order valence-corrected chi connectivity index (χ3v) is 7.92. The lowest BCUT2D eigenvalue weighted by Gasteiger charge is -2.38. The Morgan fingerprint density at radius 2 is 1.72 bits per heavy atom. The van der Waals surface area contributed by atoms with Gasteiger partial charge in [-0.2, -0.15) is 0 Å². The molecule has 1 fully saturated rings. The first-order chi connectivity index (χ1) is 20.3. The van der Waals surface area contributed by atoms with Crippen LogP contribution in [0.2, 0.25) is 0 Å². The van der Waals surface area contributed by atoms with Crippen LogP contribution in [0.25, 0.3) is 0 Å². The molecule has 43 heavy (non-hydrogen) atoms. The molecular formula is C32H44N6O5. The number of carbonyl (C=O) groups is 3. The van der Waals surface area contributed by atoms with Gasteiger partial charge < -0.3 is 34.4 Å². The number of piperazine rings is 1. The number of methoxy groups -OCH3 is 1. The number of amides is 3. The summed E-state index contributed by atoms with van der Waals surface area (Å²) in [5.74, 6) is 0.973. The third kappa shape index (κ3) is 6.40. The smallest absolute Gasteiger partial charge is 0.319 e. The number of benzene rings is 2. The SMILES string of the molecule is CCOc1cc2c(cc1C(=O)NC)C(=N)N(CC(=O)c1cc(N3CCN(C(=O)N(C)C)CC3)c(OC)c(C(C)(C)C)c1)C2. The summed E-state index contributed by atoms with van der Waals surface area (Å²) in [5.41, 5.74) is 3.79. The van der Waals surface area contributed by atoms with Gasteiger partial charge >= 0.3 is 6.03 Å². The van der Waals surface area contributed by atoms with E-state index < -0.39 is 0 Å². The molecule has 4 rings (SSSR count). The highest BCUT2D eigenvalue weighted by atomic mass is 16.5. The van der Waals surface area contributed by atoms with Crippen molar-refractivity contribution in [2.45, 2.75) is 39.7 Å². The van der Waals surface area contributed by atoms with Gasteiger partial charge in [-0.15, -0.1) is 0 Å². The summed E-state index contributed by atoms with van der Waals surface area (Å²) >= 11 is 0. The molecule has 0 atom stereocenters. The molecule has 232 valence electrons. The molecule has 1 saturated heterocycles. The number of urea groups is 1. The molecule has 0 aromatic heterocycles. The van der Waals surface area contributed by atoms with Crippen molar-refractivity contribution in [1.82, 2.24) is 20.0 Å². The van der Waals surface area contributed by atoms with Gasteiger partial charge in [0.1, 0.15) is 17.3 Å². The maximum Gasteiger partial charge on any atom is 0.319 e. The number of ether oxygens (including phenoxy) is 2. The third-order valence-electron chi connectivity index (χ3n) is 7.92. The Hall–Kier alpha value is -4.28. The van der Waals surface area contributed by atoms with E-state index in [1.54, 1.807) is 50.2 Å². The minimum atomic E-state index is -0.304. The van der Waals surface area contributed by atoms with Crippen LogP contribution in [0.5, 0.6) is 11.5 Å². The minimum Gasteiger partial charge on any atom is -0.494 e. The van der Waals surface area contributed by atoms with Crippen molar-refractivity contribution in [2.75, 3.05) is 72.5 Å². The summed E-state index contributed by atoms with van der Waals surface area (Å²) in [6, 6.07) is 7.24. The molecule has 2 aliphatic heterocycles. The highest BCUT2D eigenvalue weighted by molar-refractivity contribution is 6.08. The maximum absolute atomic E-state index is 13.9. The molecule has 2 aromatic rings. The summed E-state index contributed by atoms with van der Waals surface area (Å²) in [7, 11) is 6.70. The molecule has 11 heteroatoms. The average molecular weight is 593 g/mol. The number of amidine groups is 1. The van der Waals surface area contributed by atoms with E-state index in [-0.39, 0.29) is 35.5 Å². The van der Waals surface area contributed by atoms with Crippen molar-refractivity contribution in [3.63, 3.8) is 0 Å². The number of fused-ring (bicyclic) bond motifs is 1. The van der Waals surface area contributed by atoms with Gasteiger partial charge in [0.05, 0.1) is 31.5 Å². The first kappa shape index (κ1) is 31.7. The van der Waals surface area contributed by atoms with E-state index in [9.17, 15) is 14.4 Å². The van der Waals surface area contributed by atoms with Crippen LogP contribution in [0.3, 0.4) is 0 Å². The number of carbonyl (C=O) groups excluding carboxylic acids is 3. The zero-order chi connectivity index (χ0) is 31.6. The van der Waals surface area contributed by atoms with Crippen LogP contribution in [-0.2, 0) is 12.0 Å². The predicted octanol–water partition coefficient (Wildman–Crippen LogP) is 3.58. The second-order valence-electron chi connectivity index (χ2n) is 12.1. The van der Waals surface area contributed by atoms with Gasteiger partial charge in [0.25, 0.3) is 5.91 Å². The first-order valence-electron chi connectivity index (χ1n) is 14.6. The van der Waals surface area contributed by atoms with Crippen LogP contribution in [0.1, 0.15) is 65.1 Å². The highest BCUT2D eigenvalue weighted by Crippen LogP contribution is 2.41. The number of rotatable bonds is 8. The van der Waals surface area contributed by atoms with E-state index in [1.165, 1.54) is 0 Å². The fraction of sp³-hybridized carbons (Fsp3) is 0.500. The number of ketones is 1. The van der Waals surface area contributed by atoms with E-state index in [2.05, 4.69) is 31.0 Å². The molecule has 0 bridgehead atoms. The van der Waals surface area contributed by atoms with Crippen LogP contribution in [0.15, 0.2) is 24.3 Å². The Bertz CT molecular complexity index is 1420. The molecule has 2 aromatic carbocycles. The fourth-order valence-corrected chi connectivity index (χ4v) is 5.62. The van der Waals surface area contributed by atoms with Crippen molar-refractivity contribution in [3.8, 4) is 11.5 Å². The van der Waals surface area contributed by atoms with E-state index >= 15 is 0 Å². The Labute approximate surface area is 254 Å². The van der Waals surface area contributed by atoms with Gasteiger partial charge in [0.15, 0.2) is 5.78 Å². The lowest BCUT2D eigenvalue weighted by molar-refractivity contribution is 0.0953. The summed E-state index contributed by atoms with van der Waals surface area (Å²) < 4.78 is 11.7. The summed E-state index contributed by atoms with van der Waals surface area (Å²) in [4.78, 5) is 46.2. The van der Waals surface area contributed by atoms with Crippen LogP contribution < -0.4 is 19.7 Å². The summed E-state index contributed by atoms with van der Waals surface area (Å²) in [5, 5.41) is 11.5. The molecule has 2 heterocycles. The second kappa shape index (κ2) is 12.5. The Morgan fingerprint density at radius 1 is 1.05 bits per heavy atom. The molecule has 11 nitrogen and oxygen atoms in total. The number of anilines is 1. The maximum atomic E-state index is 13.9. The molecule has 2 N–H and O–H groups in total. The minimum absolute atomic E-state index is 0.00720. The molecule has 0 spiro atoms. The normalized spacial score (nSPS) is 14.9. The zero-order valence-corrected chi connectivity index (χ0v) is 26.6. The summed E-state index contributed by atoms with van der Waals surface area (Å²) in [6.07, 6.45) is 0. The fourth-order valence-electron chi connectivity index (χ4n) is 5.62. The van der Waals surface area contributed by atoms with Crippen LogP contribution >= 0.6 is 0 Å². The molecule has 0 unspecified atom stereocenters. The molecule has 2 aliphatic rings. The van der Waals surface area contributed by atoms with Gasteiger partial charge in [0.2, 0.25) is 0 Å². The van der Waals surface area contributed by atoms with E-state index in [1.807, 2.05) is 24.0 Å². The van der Waals surface area contributed by atoms with Crippen LogP contribution in [0, 0.1) is 5.41 Å². The van der Waals surface area contributed by atoms with E-state index in [4.69, 9.17) is 14.9 Å². The zero-order valence-electron chi connectivity index (χ0n) is 26.6. The van der Waals surface area contributed by atoms with Crippen molar-refractivity contribution in [1.29, 1.82) is 5.41 Å². The average Bonchev–Trinajstić information content (AvgIpc) is 3.28. The molecule has 0 saturated carbocycles. The lowest BCUT2D eigenvalue weighted by atomic mass is 9.84. The van der Waals surface area contributed by atoms with Gasteiger partial charge in [-0.05, 0) is 42.2 Å². The second-order valence-corrected chi connectivity index (χ2v) is 12.1. The number of Topliss-reactive ketones (excluding diaryl/α,β-unsaturated/α-hetero) is 1. The Morgan fingerprint density at radius 3 is 2.28 bits per heavy atom. The van der Waals surface area contributed by atoms with Crippen molar-refractivity contribution in [3.05, 3.63) is 52.1 Å². The van der Waals surface area contributed by atoms with Gasteiger partial charge in [-0.3, -0.25) is 15.0 Å². The first-order valence-corrected chi connectivity index (χ1v) is 14.6. The van der Waals surface area contributed by atoms with Crippen LogP contribution in [-0.4, -0.2) is 106 Å². The topological polar surface area (TPSA) is 119 Å². The van der Waals surface area contributed by atoms with E-state index in [0.717, 1.165) is 22.6 Å². The lowest BCUT2D eigenvalue weighted by Crippen LogP contribution is -2.51. The van der Waals surface area contributed by atoms with Gasteiger partial charge in [-0.25, -0.2) is 4.79 Å². The number of nitrogens with zero attached hydrogens (tertiary/aromatic N) is 4. The highest BCUT2D eigenvalue weighted by Gasteiger charge is 2.32. The monoisotopic (exact) mass is 592 g/mol. The standard InChI is InChI=1S/C32H44N6O5/c1-9-43-27-16-21-18-38(29(33)22(21)17-23(27)30(40)34-5)19-26(39)20-14-24(32(2,3)4)28(42-8)25(15-20)36-10-12-37(13-11-36)31(41)35(6)7/h14-17,33H,9-13,18-19H2,1-8H3,(H,34,40). The number of hydrogen-bond acceptors (Lipinski definition) is 7. The van der Waals surface area contributed by atoms with Crippen LogP contribution in [0.4, 0.5) is 10.5 Å². The van der Waals surface area contributed by atoms with Crippen molar-refractivity contribution >= 4 is 29.2 Å². The van der Waals surface area contributed by atoms with Crippen molar-refractivity contribution in [2.24, 2.45) is 0 Å². The van der Waals surface area contributed by atoms with Gasteiger partial charge in [0, 0.05) is 70.6 Å². The predicted molar refractivity (Wildman–Crippen MR) is 167 cm³/mol. The summed E-state index contributed by atoms with van der Waals surface area (Å²) in [6.45, 7) is 11.2. The molecular weight excluding hydrogens is 548 g/mol. The number of hydrogen-bond donors (Lipinski definition) is 2. The largest absolute Gasteiger partial charge is 0.494 e. The van der Waals surface area contributed by atoms with Gasteiger partial charge in [-0.1, -0.05) is 20.8 Å². The van der Waals surface area contributed by atoms with E-state index in [0.29, 0.717) is 61.8 Å². The Balaban J connectivity index is 1.63. The molecule has 0 radical (unpaired) electrons. The number of nitrogens with one attached hydrogen (secondary N) is 2. The molecule has 3 amide bonds.